The minimum atomic E-state index is -1.08. The molecule has 2 heterocycles. The zero-order valence-electron chi connectivity index (χ0n) is 19.1. The van der Waals surface area contributed by atoms with Crippen LogP contribution in [0.2, 0.25) is 0 Å². The number of carboxylic acids is 1. The van der Waals surface area contributed by atoms with E-state index in [9.17, 15) is 9.59 Å². The topological polar surface area (TPSA) is 101 Å². The largest absolute Gasteiger partial charge is 0.493 e. The highest BCUT2D eigenvalue weighted by molar-refractivity contribution is 8.18. The molecule has 4 rings (SSSR count). The molecule has 9 heteroatoms. The van der Waals surface area contributed by atoms with Gasteiger partial charge in [-0.3, -0.25) is 14.7 Å². The molecule has 2 aromatic carbocycles. The van der Waals surface area contributed by atoms with Crippen LogP contribution >= 0.6 is 11.8 Å². The molecule has 0 unspecified atom stereocenters. The molecule has 0 bridgehead atoms. The van der Waals surface area contributed by atoms with Crippen molar-refractivity contribution in [2.75, 3.05) is 7.11 Å². The summed E-state index contributed by atoms with van der Waals surface area (Å²) in [7, 11) is 1.47. The number of carbonyl (C=O) groups excluding carboxylic acids is 1. The van der Waals surface area contributed by atoms with E-state index in [4.69, 9.17) is 19.6 Å². The highest BCUT2D eigenvalue weighted by Gasteiger charge is 2.33. The Balaban J connectivity index is 1.65. The maximum Gasteiger partial charge on any atom is 0.344 e. The molecule has 0 aliphatic carbocycles. The maximum absolute atomic E-state index is 13.4. The second kappa shape index (κ2) is 10.9. The number of methoxy groups -OCH3 is 1. The summed E-state index contributed by atoms with van der Waals surface area (Å²) in [6.45, 7) is 1.78. The quantitative estimate of drug-likeness (QED) is 0.456. The Labute approximate surface area is 206 Å². The second-order valence-corrected chi connectivity index (χ2v) is 8.61. The third kappa shape index (κ3) is 5.88. The first-order valence-corrected chi connectivity index (χ1v) is 11.6. The Bertz CT molecular complexity index is 1280. The molecule has 0 spiro atoms. The molecule has 1 amide bonds. The number of aromatic nitrogens is 1. The number of carboxylic acid groups (broad SMARTS) is 1. The van der Waals surface area contributed by atoms with Gasteiger partial charge >= 0.3 is 5.97 Å². The summed E-state index contributed by atoms with van der Waals surface area (Å²) >= 11 is 1.29. The summed E-state index contributed by atoms with van der Waals surface area (Å²) in [5.41, 5.74) is 2.34. The van der Waals surface area contributed by atoms with E-state index in [1.807, 2.05) is 42.5 Å². The van der Waals surface area contributed by atoms with E-state index in [1.165, 1.54) is 25.8 Å². The molecule has 0 radical (unpaired) electrons. The molecule has 1 saturated heterocycles. The number of aliphatic carboxylic acids is 1. The first kappa shape index (κ1) is 24.0. The highest BCUT2D eigenvalue weighted by Crippen LogP contribution is 2.36. The van der Waals surface area contributed by atoms with E-state index in [0.29, 0.717) is 33.7 Å². The molecule has 0 saturated carbocycles. The molecule has 35 heavy (non-hydrogen) atoms. The van der Waals surface area contributed by atoms with Gasteiger partial charge in [-0.25, -0.2) is 9.79 Å². The molecule has 1 fully saturated rings. The number of ether oxygens (including phenoxy) is 2. The number of benzene rings is 2. The van der Waals surface area contributed by atoms with Crippen LogP contribution in [-0.4, -0.2) is 45.2 Å². The monoisotopic (exact) mass is 489 g/mol. The van der Waals surface area contributed by atoms with E-state index < -0.39 is 12.1 Å². The Hall–Kier alpha value is -4.11. The number of amidine groups is 1. The first-order chi connectivity index (χ1) is 16.9. The number of hydrogen-bond donors (Lipinski definition) is 1. The van der Waals surface area contributed by atoms with Crippen LogP contribution in [0.4, 0.5) is 5.69 Å². The number of amides is 1. The maximum atomic E-state index is 13.4. The van der Waals surface area contributed by atoms with Crippen LogP contribution in [0.5, 0.6) is 11.5 Å². The molecular weight excluding hydrogens is 466 g/mol. The smallest absolute Gasteiger partial charge is 0.344 e. The summed E-state index contributed by atoms with van der Waals surface area (Å²) in [4.78, 5) is 35.5. The minimum Gasteiger partial charge on any atom is -0.493 e. The Morgan fingerprint density at radius 2 is 1.97 bits per heavy atom. The zero-order valence-corrected chi connectivity index (χ0v) is 19.9. The summed E-state index contributed by atoms with van der Waals surface area (Å²) in [6.07, 6.45) is 4.13. The molecule has 1 aliphatic heterocycles. The van der Waals surface area contributed by atoms with Crippen molar-refractivity contribution in [2.24, 2.45) is 4.99 Å². The Morgan fingerprint density at radius 3 is 2.66 bits per heavy atom. The summed E-state index contributed by atoms with van der Waals surface area (Å²) < 4.78 is 10.8. The second-order valence-electron chi connectivity index (χ2n) is 7.60. The molecular formula is C26H23N3O5S. The van der Waals surface area contributed by atoms with Crippen LogP contribution in [0.25, 0.3) is 6.08 Å². The number of hydrogen-bond acceptors (Lipinski definition) is 7. The van der Waals surface area contributed by atoms with Gasteiger partial charge < -0.3 is 14.6 Å². The van der Waals surface area contributed by atoms with Crippen LogP contribution in [0.15, 0.2) is 83.0 Å². The van der Waals surface area contributed by atoms with E-state index in [2.05, 4.69) is 4.98 Å². The Morgan fingerprint density at radius 1 is 1.17 bits per heavy atom. The lowest BCUT2D eigenvalue weighted by Crippen LogP contribution is -2.28. The number of aliphatic imine (C=N–C) groups is 1. The zero-order chi connectivity index (χ0) is 24.8. The van der Waals surface area contributed by atoms with Crippen molar-refractivity contribution in [1.82, 2.24) is 9.88 Å². The summed E-state index contributed by atoms with van der Waals surface area (Å²) in [5, 5.41) is 9.67. The van der Waals surface area contributed by atoms with Crippen molar-refractivity contribution >= 4 is 40.6 Å². The van der Waals surface area contributed by atoms with Crippen molar-refractivity contribution in [3.05, 3.63) is 89.1 Å². The van der Waals surface area contributed by atoms with Gasteiger partial charge in [-0.15, -0.1) is 0 Å². The van der Waals surface area contributed by atoms with Crippen LogP contribution in [0, 0.1) is 0 Å². The van der Waals surface area contributed by atoms with Gasteiger partial charge in [0.1, 0.15) is 0 Å². The third-order valence-corrected chi connectivity index (χ3v) is 6.08. The molecule has 178 valence electrons. The van der Waals surface area contributed by atoms with Gasteiger partial charge in [0.25, 0.3) is 5.91 Å². The van der Waals surface area contributed by atoms with Crippen LogP contribution in [0.3, 0.4) is 0 Å². The molecule has 1 N–H and O–H groups in total. The number of nitrogens with zero attached hydrogens (tertiary/aromatic N) is 3. The predicted octanol–water partition coefficient (Wildman–Crippen LogP) is 4.75. The van der Waals surface area contributed by atoms with Crippen molar-refractivity contribution in [3.8, 4) is 11.5 Å². The van der Waals surface area contributed by atoms with Crippen LogP contribution in [-0.2, 0) is 16.1 Å². The molecule has 1 atom stereocenters. The molecule has 1 aromatic heterocycles. The number of thioether (sulfide) groups is 1. The summed E-state index contributed by atoms with van der Waals surface area (Å²) in [5.74, 6) is -0.578. The average molecular weight is 490 g/mol. The van der Waals surface area contributed by atoms with Gasteiger partial charge in [0, 0.05) is 12.4 Å². The fourth-order valence-electron chi connectivity index (χ4n) is 3.28. The van der Waals surface area contributed by atoms with E-state index >= 15 is 0 Å². The van der Waals surface area contributed by atoms with Gasteiger partial charge in [0.05, 0.1) is 24.2 Å². The summed E-state index contributed by atoms with van der Waals surface area (Å²) in [6, 6.07) is 18.3. The van der Waals surface area contributed by atoms with Crippen LogP contribution in [0.1, 0.15) is 18.1 Å². The lowest BCUT2D eigenvalue weighted by atomic mass is 10.1. The molecule has 3 aromatic rings. The van der Waals surface area contributed by atoms with Crippen molar-refractivity contribution in [3.63, 3.8) is 0 Å². The fourth-order valence-corrected chi connectivity index (χ4v) is 4.28. The number of para-hydroxylation sites is 1. The number of rotatable bonds is 8. The SMILES string of the molecule is COc1cc(/C=C2\SC(=Nc3ccccc3)N(Cc3cccnc3)C2=O)ccc1O[C@@H](C)C(=O)O. The lowest BCUT2D eigenvalue weighted by molar-refractivity contribution is -0.144. The third-order valence-electron chi connectivity index (χ3n) is 5.07. The Kier molecular flexibility index (Phi) is 7.47. The minimum absolute atomic E-state index is 0.174. The highest BCUT2D eigenvalue weighted by atomic mass is 32.2. The van der Waals surface area contributed by atoms with E-state index in [0.717, 1.165) is 11.3 Å². The van der Waals surface area contributed by atoms with Crippen molar-refractivity contribution in [2.45, 2.75) is 19.6 Å². The molecule has 8 nitrogen and oxygen atoms in total. The van der Waals surface area contributed by atoms with Gasteiger partial charge in [-0.2, -0.15) is 0 Å². The first-order valence-electron chi connectivity index (χ1n) is 10.8. The standard InChI is InChI=1S/C26H23N3O5S/c1-17(25(31)32)34-21-11-10-18(13-22(21)33-2)14-23-24(30)29(16-19-7-6-12-27-15-19)26(35-23)28-20-8-4-3-5-9-20/h3-15,17H,16H2,1-2H3,(H,31,32)/b23-14-,28-26?/t17-/m0/s1. The fraction of sp³-hybridized carbons (Fsp3) is 0.154. The number of carbonyl (C=O) groups is 2. The normalized spacial score (nSPS) is 16.5. The van der Waals surface area contributed by atoms with Gasteiger partial charge in [0.2, 0.25) is 0 Å². The van der Waals surface area contributed by atoms with Gasteiger partial charge in [0.15, 0.2) is 22.8 Å². The van der Waals surface area contributed by atoms with Crippen molar-refractivity contribution in [1.29, 1.82) is 0 Å². The van der Waals surface area contributed by atoms with Gasteiger partial charge in [-0.1, -0.05) is 30.3 Å². The lowest BCUT2D eigenvalue weighted by Gasteiger charge is -2.15. The van der Waals surface area contributed by atoms with E-state index in [1.54, 1.807) is 41.6 Å². The van der Waals surface area contributed by atoms with E-state index in [-0.39, 0.29) is 5.91 Å². The van der Waals surface area contributed by atoms with Gasteiger partial charge in [-0.05, 0) is 66.2 Å². The number of pyridine rings is 1. The molecule has 1 aliphatic rings. The predicted molar refractivity (Wildman–Crippen MR) is 135 cm³/mol. The van der Waals surface area contributed by atoms with Crippen LogP contribution < -0.4 is 9.47 Å². The average Bonchev–Trinajstić information content (AvgIpc) is 3.14. The van der Waals surface area contributed by atoms with Crippen molar-refractivity contribution < 1.29 is 24.2 Å².